The average molecular weight is 422 g/mol. The molecule has 0 bridgehead atoms. The molecule has 1 aromatic heterocycles. The van der Waals surface area contributed by atoms with Crippen LogP contribution in [0.5, 0.6) is 0 Å². The first kappa shape index (κ1) is 17.2. The van der Waals surface area contributed by atoms with Gasteiger partial charge in [0.15, 0.2) is 6.29 Å². The summed E-state index contributed by atoms with van der Waals surface area (Å²) >= 11 is 5.01. The molecule has 132 valence electrons. The van der Waals surface area contributed by atoms with Gasteiger partial charge in [0.2, 0.25) is 0 Å². The zero-order chi connectivity index (χ0) is 17.2. The van der Waals surface area contributed by atoms with Crippen LogP contribution in [0.4, 0.5) is 0 Å². The van der Waals surface area contributed by atoms with Gasteiger partial charge in [0.05, 0.1) is 18.1 Å². The summed E-state index contributed by atoms with van der Waals surface area (Å²) in [6.45, 7) is 2.86. The van der Waals surface area contributed by atoms with Gasteiger partial charge in [0.1, 0.15) is 0 Å². The summed E-state index contributed by atoms with van der Waals surface area (Å²) in [6.07, 6.45) is 1.92. The molecule has 2 fully saturated rings. The fourth-order valence-corrected chi connectivity index (χ4v) is 4.69. The van der Waals surface area contributed by atoms with Gasteiger partial charge in [-0.05, 0) is 42.7 Å². The van der Waals surface area contributed by atoms with E-state index >= 15 is 0 Å². The zero-order valence-electron chi connectivity index (χ0n) is 13.8. The molecule has 0 spiro atoms. The van der Waals surface area contributed by atoms with Crippen molar-refractivity contribution in [3.05, 3.63) is 45.7 Å². The van der Waals surface area contributed by atoms with Crippen molar-refractivity contribution in [1.82, 2.24) is 4.90 Å². The van der Waals surface area contributed by atoms with Crippen molar-refractivity contribution in [1.29, 1.82) is 0 Å². The van der Waals surface area contributed by atoms with Crippen molar-refractivity contribution < 1.29 is 14.3 Å². The lowest BCUT2D eigenvalue weighted by atomic mass is 9.97. The molecule has 0 saturated carbocycles. The molecule has 6 heteroatoms. The third-order valence-electron chi connectivity index (χ3n) is 4.72. The van der Waals surface area contributed by atoms with E-state index in [4.69, 9.17) is 9.47 Å². The van der Waals surface area contributed by atoms with Gasteiger partial charge < -0.3 is 14.4 Å². The van der Waals surface area contributed by atoms with Crippen LogP contribution in [0.2, 0.25) is 0 Å². The monoisotopic (exact) mass is 421 g/mol. The molecule has 1 unspecified atom stereocenters. The van der Waals surface area contributed by atoms with Crippen LogP contribution in [0, 0.1) is 5.92 Å². The highest BCUT2D eigenvalue weighted by Crippen LogP contribution is 2.31. The molecule has 1 aromatic carbocycles. The van der Waals surface area contributed by atoms with Crippen LogP contribution in [-0.4, -0.2) is 43.4 Å². The Morgan fingerprint density at radius 2 is 1.88 bits per heavy atom. The molecule has 2 aliphatic rings. The zero-order valence-corrected chi connectivity index (χ0v) is 16.2. The summed E-state index contributed by atoms with van der Waals surface area (Å²) in [5, 5.41) is 0. The Bertz CT molecular complexity index is 739. The van der Waals surface area contributed by atoms with Gasteiger partial charge in [0, 0.05) is 28.4 Å². The minimum Gasteiger partial charge on any atom is -0.350 e. The summed E-state index contributed by atoms with van der Waals surface area (Å²) in [4.78, 5) is 16.8. The first-order chi connectivity index (χ1) is 12.2. The number of carbonyl (C=O) groups excluding carboxylic acids is 1. The van der Waals surface area contributed by atoms with Crippen LogP contribution in [0.15, 0.2) is 40.9 Å². The molecule has 2 saturated heterocycles. The number of carbonyl (C=O) groups is 1. The van der Waals surface area contributed by atoms with E-state index in [1.165, 1.54) is 0 Å². The highest BCUT2D eigenvalue weighted by Gasteiger charge is 2.33. The molecule has 4 nitrogen and oxygen atoms in total. The molecule has 2 aliphatic heterocycles. The number of nitrogens with zero attached hydrogens (tertiary/aromatic N) is 1. The minimum absolute atomic E-state index is 0.121. The summed E-state index contributed by atoms with van der Waals surface area (Å²) in [6, 6.07) is 12.1. The third-order valence-corrected chi connectivity index (χ3v) is 6.37. The highest BCUT2D eigenvalue weighted by atomic mass is 79.9. The second kappa shape index (κ2) is 7.58. The van der Waals surface area contributed by atoms with Crippen molar-refractivity contribution in [2.75, 3.05) is 26.3 Å². The quantitative estimate of drug-likeness (QED) is 0.736. The molecule has 1 atom stereocenters. The molecule has 0 radical (unpaired) electrons. The molecule has 0 aliphatic carbocycles. The summed E-state index contributed by atoms with van der Waals surface area (Å²) in [7, 11) is 0. The van der Waals surface area contributed by atoms with Crippen molar-refractivity contribution in [2.45, 2.75) is 19.1 Å². The molecule has 25 heavy (non-hydrogen) atoms. The van der Waals surface area contributed by atoms with Gasteiger partial charge in [-0.2, -0.15) is 0 Å². The number of hydrogen-bond acceptors (Lipinski definition) is 4. The van der Waals surface area contributed by atoms with E-state index in [-0.39, 0.29) is 18.1 Å². The first-order valence-corrected chi connectivity index (χ1v) is 10.2. The standard InChI is InChI=1S/C19H20BrNO3S/c20-15-5-3-13(4-6-15)16-7-8-17(25-16)18(22)21-9-1-2-14(12-21)19-23-10-11-24-19/h3-8,14,19H,1-2,9-12H2. The van der Waals surface area contributed by atoms with E-state index in [1.54, 1.807) is 11.3 Å². The average Bonchev–Trinajstić information content (AvgIpc) is 3.34. The maximum atomic E-state index is 12.9. The highest BCUT2D eigenvalue weighted by molar-refractivity contribution is 9.10. The largest absolute Gasteiger partial charge is 0.350 e. The van der Waals surface area contributed by atoms with Crippen LogP contribution >= 0.6 is 27.3 Å². The Labute approximate surface area is 159 Å². The van der Waals surface area contributed by atoms with Crippen LogP contribution in [0.25, 0.3) is 10.4 Å². The Morgan fingerprint density at radius 3 is 2.64 bits per heavy atom. The topological polar surface area (TPSA) is 38.8 Å². The molecular formula is C19H20BrNO3S. The van der Waals surface area contributed by atoms with Crippen molar-refractivity contribution in [3.63, 3.8) is 0 Å². The van der Waals surface area contributed by atoms with Crippen LogP contribution < -0.4 is 0 Å². The van der Waals surface area contributed by atoms with E-state index in [0.717, 1.165) is 45.7 Å². The Hall–Kier alpha value is -1.21. The van der Waals surface area contributed by atoms with Crippen molar-refractivity contribution >= 4 is 33.2 Å². The predicted octanol–water partition coefficient (Wildman–Crippen LogP) is 4.40. The molecule has 1 amide bonds. The maximum absolute atomic E-state index is 12.9. The Morgan fingerprint density at radius 1 is 1.12 bits per heavy atom. The van der Waals surface area contributed by atoms with E-state index < -0.39 is 0 Å². The predicted molar refractivity (Wildman–Crippen MR) is 102 cm³/mol. The van der Waals surface area contributed by atoms with Gasteiger partial charge in [0.25, 0.3) is 5.91 Å². The van der Waals surface area contributed by atoms with Gasteiger partial charge in [-0.25, -0.2) is 0 Å². The van der Waals surface area contributed by atoms with E-state index in [9.17, 15) is 4.79 Å². The van der Waals surface area contributed by atoms with E-state index in [2.05, 4.69) is 28.1 Å². The Balaban J connectivity index is 1.46. The number of ether oxygens (including phenoxy) is 2. The Kier molecular flexibility index (Phi) is 5.22. The SMILES string of the molecule is O=C(c1ccc(-c2ccc(Br)cc2)s1)N1CCCC(C2OCCO2)C1. The van der Waals surface area contributed by atoms with Gasteiger partial charge in [-0.3, -0.25) is 4.79 Å². The second-order valence-electron chi connectivity index (χ2n) is 6.43. The second-order valence-corrected chi connectivity index (χ2v) is 8.43. The van der Waals surface area contributed by atoms with Crippen LogP contribution in [-0.2, 0) is 9.47 Å². The molecule has 3 heterocycles. The van der Waals surface area contributed by atoms with Crippen LogP contribution in [0.3, 0.4) is 0 Å². The van der Waals surface area contributed by atoms with Gasteiger partial charge in [-0.15, -0.1) is 11.3 Å². The maximum Gasteiger partial charge on any atom is 0.263 e. The number of piperidine rings is 1. The van der Waals surface area contributed by atoms with Crippen molar-refractivity contribution in [3.8, 4) is 10.4 Å². The molecule has 0 N–H and O–H groups in total. The van der Waals surface area contributed by atoms with Crippen LogP contribution in [0.1, 0.15) is 22.5 Å². The van der Waals surface area contributed by atoms with E-state index in [0.29, 0.717) is 13.2 Å². The lowest BCUT2D eigenvalue weighted by molar-refractivity contribution is -0.0968. The fourth-order valence-electron chi connectivity index (χ4n) is 3.44. The van der Waals surface area contributed by atoms with Gasteiger partial charge in [-0.1, -0.05) is 28.1 Å². The number of benzene rings is 1. The molecular weight excluding hydrogens is 402 g/mol. The number of thiophene rings is 1. The molecule has 4 rings (SSSR count). The summed E-state index contributed by atoms with van der Waals surface area (Å²) in [5.41, 5.74) is 1.14. The summed E-state index contributed by atoms with van der Waals surface area (Å²) in [5.74, 6) is 0.405. The normalized spacial score (nSPS) is 21.6. The lowest BCUT2D eigenvalue weighted by Gasteiger charge is -2.34. The number of amides is 1. The number of likely N-dealkylation sites (tertiary alicyclic amines) is 1. The number of halogens is 1. The third kappa shape index (κ3) is 3.82. The molecule has 2 aromatic rings. The smallest absolute Gasteiger partial charge is 0.263 e. The van der Waals surface area contributed by atoms with E-state index in [1.807, 2.05) is 29.2 Å². The summed E-state index contributed by atoms with van der Waals surface area (Å²) < 4.78 is 12.3. The number of rotatable bonds is 3. The lowest BCUT2D eigenvalue weighted by Crippen LogP contribution is -2.43. The minimum atomic E-state index is -0.141. The number of hydrogen-bond donors (Lipinski definition) is 0. The fraction of sp³-hybridized carbons (Fsp3) is 0.421. The van der Waals surface area contributed by atoms with Gasteiger partial charge >= 0.3 is 0 Å². The first-order valence-electron chi connectivity index (χ1n) is 8.59. The van der Waals surface area contributed by atoms with Crippen molar-refractivity contribution in [2.24, 2.45) is 5.92 Å².